The van der Waals surface area contributed by atoms with Crippen molar-refractivity contribution in [2.45, 2.75) is 44.5 Å². The van der Waals surface area contributed by atoms with Crippen LogP contribution >= 0.6 is 0 Å². The molecule has 3 heterocycles. The Morgan fingerprint density at radius 1 is 1.12 bits per heavy atom. The van der Waals surface area contributed by atoms with E-state index in [4.69, 9.17) is 5.26 Å². The number of benzene rings is 1. The second kappa shape index (κ2) is 8.60. The summed E-state index contributed by atoms with van der Waals surface area (Å²) >= 11 is 0. The van der Waals surface area contributed by atoms with Gasteiger partial charge in [-0.05, 0) is 62.2 Å². The van der Waals surface area contributed by atoms with Gasteiger partial charge >= 0.3 is 0 Å². The quantitative estimate of drug-likeness (QED) is 0.603. The van der Waals surface area contributed by atoms with Crippen LogP contribution in [0, 0.1) is 18.3 Å². The molecule has 1 atom stereocenters. The highest BCUT2D eigenvalue weighted by molar-refractivity contribution is 5.72. The van der Waals surface area contributed by atoms with E-state index in [1.807, 2.05) is 24.0 Å². The number of hydrogen-bond acceptors (Lipinski definition) is 7. The fraction of sp³-hybridized carbons (Fsp3) is 0.400. The third-order valence-corrected chi connectivity index (χ3v) is 7.14. The van der Waals surface area contributed by atoms with Gasteiger partial charge in [0.25, 0.3) is 0 Å². The molecule has 170 valence electrons. The summed E-state index contributed by atoms with van der Waals surface area (Å²) in [6.45, 7) is 3.60. The van der Waals surface area contributed by atoms with E-state index in [-0.39, 0.29) is 5.88 Å². The van der Waals surface area contributed by atoms with Crippen LogP contribution in [0.2, 0.25) is 0 Å². The third kappa shape index (κ3) is 3.89. The van der Waals surface area contributed by atoms with Crippen molar-refractivity contribution in [1.82, 2.24) is 24.6 Å². The highest BCUT2D eigenvalue weighted by atomic mass is 16.3. The Bertz CT molecular complexity index is 1190. The average Bonchev–Trinajstić information content (AvgIpc) is 3.12. The first kappa shape index (κ1) is 21.6. The van der Waals surface area contributed by atoms with E-state index in [2.05, 4.69) is 28.1 Å². The lowest BCUT2D eigenvalue weighted by Crippen LogP contribution is -2.62. The number of nitrogens with zero attached hydrogens (tertiary/aromatic N) is 6. The minimum atomic E-state index is -0.694. The normalized spacial score (nSPS) is 18.0. The Balaban J connectivity index is 1.28. The number of aryl methyl sites for hydroxylation is 1. The molecule has 2 fully saturated rings. The van der Waals surface area contributed by atoms with Gasteiger partial charge < -0.3 is 10.2 Å². The van der Waals surface area contributed by atoms with Crippen LogP contribution in [0.4, 0.5) is 0 Å². The second-order valence-corrected chi connectivity index (χ2v) is 9.12. The molecule has 33 heavy (non-hydrogen) atoms. The maximum absolute atomic E-state index is 10.8. The van der Waals surface area contributed by atoms with Crippen LogP contribution < -0.4 is 0 Å². The molecule has 3 aromatic rings. The number of aliphatic hydroxyl groups is 1. The summed E-state index contributed by atoms with van der Waals surface area (Å²) in [5, 5.41) is 34.9. The molecule has 2 N–H and O–H groups in total. The summed E-state index contributed by atoms with van der Waals surface area (Å²) in [7, 11) is 2.19. The Labute approximate surface area is 193 Å². The molecule has 2 aromatic heterocycles. The fourth-order valence-corrected chi connectivity index (χ4v) is 4.66. The van der Waals surface area contributed by atoms with Crippen molar-refractivity contribution in [3.8, 4) is 28.9 Å². The highest BCUT2D eigenvalue weighted by Gasteiger charge is 2.38. The molecule has 1 aromatic carbocycles. The van der Waals surface area contributed by atoms with Crippen LogP contribution in [0.1, 0.15) is 42.2 Å². The van der Waals surface area contributed by atoms with Crippen molar-refractivity contribution in [2.75, 3.05) is 20.1 Å². The van der Waals surface area contributed by atoms with Gasteiger partial charge in [0, 0.05) is 36.9 Å². The lowest BCUT2D eigenvalue weighted by Gasteiger charge is -2.50. The molecule has 1 saturated heterocycles. The number of rotatable bonds is 6. The maximum Gasteiger partial charge on any atom is 0.223 e. The molecule has 0 amide bonds. The summed E-state index contributed by atoms with van der Waals surface area (Å²) in [4.78, 5) is 8.94. The van der Waals surface area contributed by atoms with Crippen molar-refractivity contribution in [3.63, 3.8) is 0 Å². The number of likely N-dealkylation sites (tertiary alicyclic amines) is 1. The standard InChI is InChI=1S/C25H28N6O2/c1-16-10-17(11-26)6-8-21(16)22-13-28-31(25(22)33)23-9-7-18(12-27-23)24(32)30-14-20(15-30)29(2)19-4-3-5-19/h6-10,12-13,19-20,24,32-33H,3-5,14-15H2,1-2H3. The molecule has 0 radical (unpaired) electrons. The minimum Gasteiger partial charge on any atom is -0.493 e. The van der Waals surface area contributed by atoms with Crippen LogP contribution in [0.15, 0.2) is 42.7 Å². The first-order valence-corrected chi connectivity index (χ1v) is 11.3. The lowest BCUT2D eigenvalue weighted by atomic mass is 9.89. The SMILES string of the molecule is Cc1cc(C#N)ccc1-c1cnn(-c2ccc(C(O)N3CC(N(C)C4CCC4)C3)cn2)c1O. The number of aliphatic hydroxyl groups excluding tert-OH is 1. The number of nitriles is 1. The number of pyridine rings is 1. The van der Waals surface area contributed by atoms with Crippen LogP contribution in [0.3, 0.4) is 0 Å². The van der Waals surface area contributed by atoms with Gasteiger partial charge in [0.1, 0.15) is 6.23 Å². The van der Waals surface area contributed by atoms with Crippen molar-refractivity contribution >= 4 is 0 Å². The zero-order chi connectivity index (χ0) is 23.1. The van der Waals surface area contributed by atoms with Gasteiger partial charge in [-0.15, -0.1) is 0 Å². The summed E-state index contributed by atoms with van der Waals surface area (Å²) < 4.78 is 1.37. The Morgan fingerprint density at radius 2 is 1.91 bits per heavy atom. The van der Waals surface area contributed by atoms with Crippen molar-refractivity contribution in [2.24, 2.45) is 0 Å². The molecule has 0 bridgehead atoms. The molecule has 1 saturated carbocycles. The molecule has 1 unspecified atom stereocenters. The Kier molecular flexibility index (Phi) is 5.62. The topological polar surface area (TPSA) is 101 Å². The minimum absolute atomic E-state index is 0.0202. The predicted molar refractivity (Wildman–Crippen MR) is 124 cm³/mol. The predicted octanol–water partition coefficient (Wildman–Crippen LogP) is 2.98. The first-order chi connectivity index (χ1) is 16.0. The number of hydrogen-bond donors (Lipinski definition) is 2. The average molecular weight is 445 g/mol. The molecule has 0 spiro atoms. The Hall–Kier alpha value is -3.25. The van der Waals surface area contributed by atoms with Gasteiger partial charge in [-0.3, -0.25) is 9.80 Å². The van der Waals surface area contributed by atoms with Crippen LogP contribution in [-0.2, 0) is 0 Å². The largest absolute Gasteiger partial charge is 0.493 e. The van der Waals surface area contributed by atoms with E-state index in [0.717, 1.165) is 29.8 Å². The molecule has 1 aliphatic carbocycles. The van der Waals surface area contributed by atoms with Crippen LogP contribution in [0.5, 0.6) is 5.88 Å². The van der Waals surface area contributed by atoms with Crippen LogP contribution in [0.25, 0.3) is 16.9 Å². The number of aromatic nitrogens is 3. The van der Waals surface area contributed by atoms with Gasteiger partial charge in [0.2, 0.25) is 5.88 Å². The van der Waals surface area contributed by atoms with Crippen molar-refractivity contribution in [1.29, 1.82) is 5.26 Å². The summed E-state index contributed by atoms with van der Waals surface area (Å²) in [6.07, 6.45) is 6.43. The molecule has 8 heteroatoms. The van der Waals surface area contributed by atoms with Crippen molar-refractivity contribution < 1.29 is 10.2 Å². The number of aromatic hydroxyl groups is 1. The zero-order valence-corrected chi connectivity index (χ0v) is 18.9. The van der Waals surface area contributed by atoms with E-state index in [1.54, 1.807) is 30.6 Å². The Morgan fingerprint density at radius 3 is 2.52 bits per heavy atom. The van der Waals surface area contributed by atoms with Gasteiger partial charge in [0.15, 0.2) is 5.82 Å². The maximum atomic E-state index is 10.8. The molecular weight excluding hydrogens is 416 g/mol. The van der Waals surface area contributed by atoms with E-state index < -0.39 is 6.23 Å². The molecule has 2 aliphatic rings. The van der Waals surface area contributed by atoms with Gasteiger partial charge in [-0.1, -0.05) is 12.5 Å². The second-order valence-electron chi connectivity index (χ2n) is 9.12. The third-order valence-electron chi connectivity index (χ3n) is 7.14. The summed E-state index contributed by atoms with van der Waals surface area (Å²) in [6, 6.07) is 12.2. The van der Waals surface area contributed by atoms with Gasteiger partial charge in [-0.2, -0.15) is 15.0 Å². The summed E-state index contributed by atoms with van der Waals surface area (Å²) in [5.41, 5.74) is 3.56. The molecule has 1 aliphatic heterocycles. The van der Waals surface area contributed by atoms with Crippen molar-refractivity contribution in [3.05, 3.63) is 59.4 Å². The van der Waals surface area contributed by atoms with E-state index in [0.29, 0.717) is 29.0 Å². The number of likely N-dealkylation sites (N-methyl/N-ethyl adjacent to an activating group) is 1. The van der Waals surface area contributed by atoms with E-state index in [1.165, 1.54) is 23.9 Å². The molecular formula is C25H28N6O2. The van der Waals surface area contributed by atoms with Gasteiger partial charge in [0.05, 0.1) is 23.4 Å². The molecule has 8 nitrogen and oxygen atoms in total. The monoisotopic (exact) mass is 444 g/mol. The fourth-order valence-electron chi connectivity index (χ4n) is 4.66. The van der Waals surface area contributed by atoms with E-state index >= 15 is 0 Å². The van der Waals surface area contributed by atoms with E-state index in [9.17, 15) is 10.2 Å². The van der Waals surface area contributed by atoms with Crippen LogP contribution in [-0.4, -0.2) is 67.0 Å². The lowest BCUT2D eigenvalue weighted by molar-refractivity contribution is -0.0913. The zero-order valence-electron chi connectivity index (χ0n) is 18.9. The summed E-state index contributed by atoms with van der Waals surface area (Å²) in [5.74, 6) is 0.445. The first-order valence-electron chi connectivity index (χ1n) is 11.3. The van der Waals surface area contributed by atoms with Gasteiger partial charge in [-0.25, -0.2) is 4.98 Å². The molecule has 5 rings (SSSR count). The highest BCUT2D eigenvalue weighted by Crippen LogP contribution is 2.34. The smallest absolute Gasteiger partial charge is 0.223 e.